The molecule has 0 aliphatic heterocycles. The van der Waals surface area contributed by atoms with Crippen molar-refractivity contribution in [3.63, 3.8) is 0 Å². The lowest BCUT2D eigenvalue weighted by molar-refractivity contribution is 0.468. The maximum atomic E-state index is 9.49. The van der Waals surface area contributed by atoms with Crippen LogP contribution in [0, 0.1) is 0 Å². The molecule has 0 unspecified atom stereocenters. The average Bonchev–Trinajstić information content (AvgIpc) is 2.09. The van der Waals surface area contributed by atoms with E-state index in [0.717, 1.165) is 5.56 Å². The number of benzene rings is 1. The number of phenols is 1. The van der Waals surface area contributed by atoms with Gasteiger partial charge in [-0.15, -0.1) is 0 Å². The number of aromatic hydroxyl groups is 1. The first kappa shape index (κ1) is 10.4. The van der Waals surface area contributed by atoms with Gasteiger partial charge in [0, 0.05) is 12.1 Å². The van der Waals surface area contributed by atoms with Crippen LogP contribution in [-0.4, -0.2) is 5.11 Å². The summed E-state index contributed by atoms with van der Waals surface area (Å²) in [5, 5.41) is 9.87. The van der Waals surface area contributed by atoms with Gasteiger partial charge in [-0.3, -0.25) is 0 Å². The summed E-state index contributed by atoms with van der Waals surface area (Å²) in [6, 6.07) is 3.67. The first-order chi connectivity index (χ1) is 6.06. The summed E-state index contributed by atoms with van der Waals surface area (Å²) in [4.78, 5) is 0. The molecule has 0 bridgehead atoms. The van der Waals surface area contributed by atoms with Crippen molar-refractivity contribution in [3.8, 4) is 5.75 Å². The van der Waals surface area contributed by atoms with Crippen molar-refractivity contribution in [1.29, 1.82) is 0 Å². The van der Waals surface area contributed by atoms with Crippen LogP contribution in [0.15, 0.2) is 12.1 Å². The first-order valence-electron chi connectivity index (χ1n) is 4.27. The van der Waals surface area contributed by atoms with E-state index in [1.165, 1.54) is 0 Å². The molecule has 3 N–H and O–H groups in total. The van der Waals surface area contributed by atoms with E-state index >= 15 is 0 Å². The standard InChI is InChI=1S/C10H14ClNO/c1-6(2)7-3-8(5-12)10(13)9(11)4-7/h3-4,6,13H,5,12H2,1-2H3. The molecule has 0 radical (unpaired) electrons. The molecule has 0 fully saturated rings. The Morgan fingerprint density at radius 1 is 1.46 bits per heavy atom. The van der Waals surface area contributed by atoms with E-state index in [1.807, 2.05) is 6.07 Å². The molecule has 0 saturated carbocycles. The molecule has 1 rings (SSSR count). The predicted octanol–water partition coefficient (Wildman–Crippen LogP) is 2.63. The Labute approximate surface area is 83.3 Å². The minimum Gasteiger partial charge on any atom is -0.506 e. The van der Waals surface area contributed by atoms with Crippen LogP contribution in [0.5, 0.6) is 5.75 Å². The number of halogens is 1. The molecule has 0 heterocycles. The Bertz CT molecular complexity index is 310. The second kappa shape index (κ2) is 3.99. The second-order valence-corrected chi connectivity index (χ2v) is 3.78. The molecular formula is C10H14ClNO. The summed E-state index contributed by atoms with van der Waals surface area (Å²) in [5.41, 5.74) is 7.27. The Balaban J connectivity index is 3.22. The smallest absolute Gasteiger partial charge is 0.138 e. The van der Waals surface area contributed by atoms with E-state index in [0.29, 0.717) is 23.0 Å². The van der Waals surface area contributed by atoms with Crippen molar-refractivity contribution in [2.45, 2.75) is 26.3 Å². The summed E-state index contributed by atoms with van der Waals surface area (Å²) in [5.74, 6) is 0.497. The maximum Gasteiger partial charge on any atom is 0.138 e. The summed E-state index contributed by atoms with van der Waals surface area (Å²) >= 11 is 5.84. The second-order valence-electron chi connectivity index (χ2n) is 3.37. The Morgan fingerprint density at radius 3 is 2.54 bits per heavy atom. The highest BCUT2D eigenvalue weighted by molar-refractivity contribution is 6.32. The van der Waals surface area contributed by atoms with Crippen LogP contribution in [0.3, 0.4) is 0 Å². The van der Waals surface area contributed by atoms with E-state index in [9.17, 15) is 5.11 Å². The van der Waals surface area contributed by atoms with Crippen molar-refractivity contribution >= 4 is 11.6 Å². The van der Waals surface area contributed by atoms with Gasteiger partial charge in [0.05, 0.1) is 5.02 Å². The van der Waals surface area contributed by atoms with Crippen LogP contribution in [-0.2, 0) is 6.54 Å². The summed E-state index contributed by atoms with van der Waals surface area (Å²) < 4.78 is 0. The van der Waals surface area contributed by atoms with E-state index in [1.54, 1.807) is 6.07 Å². The van der Waals surface area contributed by atoms with Gasteiger partial charge in [-0.25, -0.2) is 0 Å². The lowest BCUT2D eigenvalue weighted by Gasteiger charge is -2.10. The van der Waals surface area contributed by atoms with Gasteiger partial charge in [0.25, 0.3) is 0 Å². The SMILES string of the molecule is CC(C)c1cc(Cl)c(O)c(CN)c1. The van der Waals surface area contributed by atoms with Crippen molar-refractivity contribution in [2.75, 3.05) is 0 Å². The molecule has 0 saturated heterocycles. The molecule has 0 amide bonds. The molecule has 13 heavy (non-hydrogen) atoms. The number of phenolic OH excluding ortho intramolecular Hbond substituents is 1. The Morgan fingerprint density at radius 2 is 2.08 bits per heavy atom. The molecule has 0 aliphatic rings. The van der Waals surface area contributed by atoms with Gasteiger partial charge in [-0.1, -0.05) is 31.5 Å². The third-order valence-corrected chi connectivity index (χ3v) is 2.34. The number of hydrogen-bond donors (Lipinski definition) is 2. The van der Waals surface area contributed by atoms with E-state index in [2.05, 4.69) is 13.8 Å². The maximum absolute atomic E-state index is 9.49. The van der Waals surface area contributed by atoms with Gasteiger partial charge in [0.15, 0.2) is 0 Å². The number of rotatable bonds is 2. The van der Waals surface area contributed by atoms with Crippen LogP contribution in [0.1, 0.15) is 30.9 Å². The zero-order valence-corrected chi connectivity index (χ0v) is 8.60. The lowest BCUT2D eigenvalue weighted by atomic mass is 10.0. The van der Waals surface area contributed by atoms with Gasteiger partial charge in [0.1, 0.15) is 5.75 Å². The molecule has 2 nitrogen and oxygen atoms in total. The fourth-order valence-electron chi connectivity index (χ4n) is 1.17. The average molecular weight is 200 g/mol. The number of hydrogen-bond acceptors (Lipinski definition) is 2. The van der Waals surface area contributed by atoms with E-state index in [-0.39, 0.29) is 5.75 Å². The van der Waals surface area contributed by atoms with Crippen molar-refractivity contribution in [1.82, 2.24) is 0 Å². The third kappa shape index (κ3) is 2.14. The van der Waals surface area contributed by atoms with Crippen molar-refractivity contribution < 1.29 is 5.11 Å². The molecular weight excluding hydrogens is 186 g/mol. The van der Waals surface area contributed by atoms with E-state index < -0.39 is 0 Å². The zero-order valence-electron chi connectivity index (χ0n) is 7.84. The zero-order chi connectivity index (χ0) is 10.0. The molecule has 72 valence electrons. The van der Waals surface area contributed by atoms with Gasteiger partial charge in [-0.2, -0.15) is 0 Å². The molecule has 3 heteroatoms. The summed E-state index contributed by atoms with van der Waals surface area (Å²) in [7, 11) is 0. The molecule has 0 aliphatic carbocycles. The van der Waals surface area contributed by atoms with Crippen molar-refractivity contribution in [2.24, 2.45) is 5.73 Å². The van der Waals surface area contributed by atoms with Gasteiger partial charge in [0.2, 0.25) is 0 Å². The molecule has 1 aromatic carbocycles. The minimum absolute atomic E-state index is 0.105. The van der Waals surface area contributed by atoms with Crippen LogP contribution in [0.4, 0.5) is 0 Å². The van der Waals surface area contributed by atoms with Crippen LogP contribution in [0.25, 0.3) is 0 Å². The highest BCUT2D eigenvalue weighted by Gasteiger charge is 2.08. The molecule has 0 spiro atoms. The highest BCUT2D eigenvalue weighted by Crippen LogP contribution is 2.31. The van der Waals surface area contributed by atoms with Gasteiger partial charge >= 0.3 is 0 Å². The monoisotopic (exact) mass is 199 g/mol. The lowest BCUT2D eigenvalue weighted by Crippen LogP contribution is -1.99. The van der Waals surface area contributed by atoms with Crippen LogP contribution < -0.4 is 5.73 Å². The Hall–Kier alpha value is -0.730. The predicted molar refractivity (Wildman–Crippen MR) is 55.1 cm³/mol. The Kier molecular flexibility index (Phi) is 3.17. The largest absolute Gasteiger partial charge is 0.506 e. The van der Waals surface area contributed by atoms with Crippen LogP contribution >= 0.6 is 11.6 Å². The van der Waals surface area contributed by atoms with Gasteiger partial charge in [-0.05, 0) is 17.5 Å². The summed E-state index contributed by atoms with van der Waals surface area (Å²) in [6.45, 7) is 4.46. The normalized spacial score (nSPS) is 10.8. The molecule has 1 aromatic rings. The fourth-order valence-corrected chi connectivity index (χ4v) is 1.42. The fraction of sp³-hybridized carbons (Fsp3) is 0.400. The molecule has 0 atom stereocenters. The van der Waals surface area contributed by atoms with E-state index in [4.69, 9.17) is 17.3 Å². The minimum atomic E-state index is 0.105. The third-order valence-electron chi connectivity index (χ3n) is 2.05. The first-order valence-corrected chi connectivity index (χ1v) is 4.65. The topological polar surface area (TPSA) is 46.2 Å². The highest BCUT2D eigenvalue weighted by atomic mass is 35.5. The van der Waals surface area contributed by atoms with Crippen molar-refractivity contribution in [3.05, 3.63) is 28.3 Å². The summed E-state index contributed by atoms with van der Waals surface area (Å²) in [6.07, 6.45) is 0. The van der Waals surface area contributed by atoms with Gasteiger partial charge < -0.3 is 10.8 Å². The quantitative estimate of drug-likeness (QED) is 0.769. The number of nitrogens with two attached hydrogens (primary N) is 1. The van der Waals surface area contributed by atoms with Crippen LogP contribution in [0.2, 0.25) is 5.02 Å². The molecule has 0 aromatic heterocycles.